The van der Waals surface area contributed by atoms with E-state index in [-0.39, 0.29) is 23.1 Å². The highest BCUT2D eigenvalue weighted by molar-refractivity contribution is 9.10. The first-order valence-electron chi connectivity index (χ1n) is 8.97. The summed E-state index contributed by atoms with van der Waals surface area (Å²) < 4.78 is 6.22. The fraction of sp³-hybridized carbons (Fsp3) is 0.476. The van der Waals surface area contributed by atoms with Gasteiger partial charge in [0.25, 0.3) is 0 Å². The Bertz CT molecular complexity index is 822. The molecule has 1 unspecified atom stereocenters. The quantitative estimate of drug-likeness (QED) is 0.661. The van der Waals surface area contributed by atoms with E-state index in [1.165, 1.54) is 0 Å². The van der Waals surface area contributed by atoms with Crippen molar-refractivity contribution in [3.63, 3.8) is 0 Å². The Morgan fingerprint density at radius 1 is 1.31 bits per heavy atom. The summed E-state index contributed by atoms with van der Waals surface area (Å²) >= 11 is 3.60. The molecule has 0 spiro atoms. The standard InChI is InChI=1S/C21H24BrNO3/c1-5-26-20(25)17-12(2)23-15-10-21(3,4)11-16(24)19(15)18(17)13-8-6-7-9-14(13)22/h6-9,17-18H,5,10-11H2,1-4H3/t17?,18-/m0/s1. The number of Topliss-reactive ketones (excluding diaryl/α,β-unsaturated/α-hetero) is 1. The van der Waals surface area contributed by atoms with Gasteiger partial charge in [-0.2, -0.15) is 0 Å². The third kappa shape index (κ3) is 3.41. The number of ether oxygens (including phenoxy) is 1. The van der Waals surface area contributed by atoms with Gasteiger partial charge < -0.3 is 4.74 Å². The van der Waals surface area contributed by atoms with E-state index in [2.05, 4.69) is 29.8 Å². The highest BCUT2D eigenvalue weighted by Gasteiger charge is 2.46. The smallest absolute Gasteiger partial charge is 0.315 e. The molecule has 0 saturated carbocycles. The summed E-state index contributed by atoms with van der Waals surface area (Å²) in [6.07, 6.45) is 1.21. The minimum atomic E-state index is -0.572. The van der Waals surface area contributed by atoms with Crippen molar-refractivity contribution in [2.75, 3.05) is 6.61 Å². The summed E-state index contributed by atoms with van der Waals surface area (Å²) in [5.74, 6) is -1.17. The minimum Gasteiger partial charge on any atom is -0.465 e. The van der Waals surface area contributed by atoms with Crippen LogP contribution in [0.5, 0.6) is 0 Å². The molecule has 2 aliphatic rings. The Hall–Kier alpha value is -1.75. The molecule has 1 aromatic carbocycles. The Balaban J connectivity index is 2.20. The number of allylic oxidation sites excluding steroid dienone is 2. The van der Waals surface area contributed by atoms with Crippen LogP contribution in [0.3, 0.4) is 0 Å². The van der Waals surface area contributed by atoms with Gasteiger partial charge in [-0.15, -0.1) is 0 Å². The molecule has 0 bridgehead atoms. The van der Waals surface area contributed by atoms with Gasteiger partial charge in [0.15, 0.2) is 5.78 Å². The zero-order valence-corrected chi connectivity index (χ0v) is 17.2. The van der Waals surface area contributed by atoms with E-state index in [9.17, 15) is 9.59 Å². The zero-order valence-electron chi connectivity index (χ0n) is 15.6. The number of hydrogen-bond acceptors (Lipinski definition) is 4. The van der Waals surface area contributed by atoms with E-state index < -0.39 is 5.92 Å². The average Bonchev–Trinajstić information content (AvgIpc) is 2.53. The number of carbonyl (C=O) groups is 2. The Morgan fingerprint density at radius 2 is 2.00 bits per heavy atom. The molecular weight excluding hydrogens is 394 g/mol. The first-order valence-corrected chi connectivity index (χ1v) is 9.77. The molecule has 0 saturated heterocycles. The third-order valence-electron chi connectivity index (χ3n) is 5.08. The van der Waals surface area contributed by atoms with E-state index in [1.807, 2.05) is 31.2 Å². The van der Waals surface area contributed by atoms with Crippen LogP contribution in [0.2, 0.25) is 0 Å². The molecule has 3 rings (SSSR count). The van der Waals surface area contributed by atoms with Gasteiger partial charge in [0.2, 0.25) is 0 Å². The number of rotatable bonds is 3. The van der Waals surface area contributed by atoms with Crippen molar-refractivity contribution in [2.24, 2.45) is 16.3 Å². The number of benzene rings is 1. The summed E-state index contributed by atoms with van der Waals surface area (Å²) in [6.45, 7) is 8.13. The third-order valence-corrected chi connectivity index (χ3v) is 5.81. The summed E-state index contributed by atoms with van der Waals surface area (Å²) in [6, 6.07) is 7.77. The van der Waals surface area contributed by atoms with Gasteiger partial charge in [-0.1, -0.05) is 48.0 Å². The molecular formula is C21H24BrNO3. The van der Waals surface area contributed by atoms with Gasteiger partial charge in [-0.25, -0.2) is 0 Å². The number of hydrogen-bond donors (Lipinski definition) is 0. The van der Waals surface area contributed by atoms with Gasteiger partial charge >= 0.3 is 5.97 Å². The first-order chi connectivity index (χ1) is 12.2. The number of carbonyl (C=O) groups excluding carboxylic acids is 2. The maximum absolute atomic E-state index is 13.1. The molecule has 5 heteroatoms. The number of esters is 1. The highest BCUT2D eigenvalue weighted by Crippen LogP contribution is 2.49. The van der Waals surface area contributed by atoms with Crippen LogP contribution in [0.1, 0.15) is 52.0 Å². The van der Waals surface area contributed by atoms with Gasteiger partial charge in [-0.05, 0) is 37.3 Å². The summed E-state index contributed by atoms with van der Waals surface area (Å²) in [4.78, 5) is 30.5. The lowest BCUT2D eigenvalue weighted by Crippen LogP contribution is -2.39. The van der Waals surface area contributed by atoms with Crippen LogP contribution >= 0.6 is 15.9 Å². The SMILES string of the molecule is CCOC(=O)C1C(C)=NC2=C(C(=O)CC(C)(C)C2)[C@H]1c1ccccc1Br. The lowest BCUT2D eigenvalue weighted by atomic mass is 9.67. The van der Waals surface area contributed by atoms with Gasteiger partial charge in [0.1, 0.15) is 5.92 Å². The average molecular weight is 418 g/mol. The normalized spacial score (nSPS) is 24.8. The van der Waals surface area contributed by atoms with Crippen LogP contribution in [0.4, 0.5) is 0 Å². The molecule has 0 amide bonds. The Morgan fingerprint density at radius 3 is 2.65 bits per heavy atom. The van der Waals surface area contributed by atoms with Crippen LogP contribution in [-0.4, -0.2) is 24.1 Å². The zero-order chi connectivity index (χ0) is 19.1. The maximum atomic E-state index is 13.1. The monoisotopic (exact) mass is 417 g/mol. The van der Waals surface area contributed by atoms with E-state index in [0.29, 0.717) is 24.3 Å². The number of halogens is 1. The molecule has 0 N–H and O–H groups in total. The summed E-state index contributed by atoms with van der Waals surface area (Å²) in [7, 11) is 0. The Kier molecular flexibility index (Phi) is 5.20. The lowest BCUT2D eigenvalue weighted by Gasteiger charge is -2.39. The van der Waals surface area contributed by atoms with Crippen LogP contribution in [-0.2, 0) is 14.3 Å². The van der Waals surface area contributed by atoms with Gasteiger partial charge in [0, 0.05) is 33.8 Å². The Labute approximate surface area is 162 Å². The lowest BCUT2D eigenvalue weighted by molar-refractivity contribution is -0.146. The van der Waals surface area contributed by atoms with Crippen LogP contribution < -0.4 is 0 Å². The molecule has 0 radical (unpaired) electrons. The minimum absolute atomic E-state index is 0.0857. The molecule has 1 aliphatic heterocycles. The maximum Gasteiger partial charge on any atom is 0.315 e. The number of nitrogens with zero attached hydrogens (tertiary/aromatic N) is 1. The predicted octanol–water partition coefficient (Wildman–Crippen LogP) is 4.83. The van der Waals surface area contributed by atoms with E-state index in [0.717, 1.165) is 22.2 Å². The van der Waals surface area contributed by atoms with E-state index in [4.69, 9.17) is 9.73 Å². The van der Waals surface area contributed by atoms with Crippen LogP contribution in [0.15, 0.2) is 45.0 Å². The predicted molar refractivity (Wildman–Crippen MR) is 105 cm³/mol. The fourth-order valence-corrected chi connectivity index (χ4v) is 4.58. The molecule has 4 nitrogen and oxygen atoms in total. The topological polar surface area (TPSA) is 55.7 Å². The fourth-order valence-electron chi connectivity index (χ4n) is 4.05. The van der Waals surface area contributed by atoms with Crippen molar-refractivity contribution in [1.29, 1.82) is 0 Å². The molecule has 1 aliphatic carbocycles. The second-order valence-electron chi connectivity index (χ2n) is 7.78. The van der Waals surface area contributed by atoms with Gasteiger partial charge in [0.05, 0.1) is 6.61 Å². The molecule has 1 heterocycles. The largest absolute Gasteiger partial charge is 0.465 e. The molecule has 2 atom stereocenters. The molecule has 138 valence electrons. The van der Waals surface area contributed by atoms with Crippen molar-refractivity contribution in [2.45, 2.75) is 46.5 Å². The van der Waals surface area contributed by atoms with E-state index in [1.54, 1.807) is 6.92 Å². The second kappa shape index (κ2) is 7.10. The molecule has 1 aromatic rings. The molecule has 0 aromatic heterocycles. The van der Waals surface area contributed by atoms with Gasteiger partial charge in [-0.3, -0.25) is 14.6 Å². The molecule has 0 fully saturated rings. The molecule has 26 heavy (non-hydrogen) atoms. The van der Waals surface area contributed by atoms with Crippen molar-refractivity contribution in [3.05, 3.63) is 45.6 Å². The number of ketones is 1. The van der Waals surface area contributed by atoms with Crippen molar-refractivity contribution in [1.82, 2.24) is 0 Å². The second-order valence-corrected chi connectivity index (χ2v) is 8.64. The van der Waals surface area contributed by atoms with Crippen molar-refractivity contribution >= 4 is 33.4 Å². The first kappa shape index (κ1) is 19.0. The van der Waals surface area contributed by atoms with Crippen LogP contribution in [0, 0.1) is 11.3 Å². The summed E-state index contributed by atoms with van der Waals surface area (Å²) in [5, 5.41) is 0. The highest BCUT2D eigenvalue weighted by atomic mass is 79.9. The summed E-state index contributed by atoms with van der Waals surface area (Å²) in [5.41, 5.74) is 3.04. The number of aliphatic imine (C=N–C) groups is 1. The van der Waals surface area contributed by atoms with E-state index >= 15 is 0 Å². The van der Waals surface area contributed by atoms with Crippen molar-refractivity contribution < 1.29 is 14.3 Å². The van der Waals surface area contributed by atoms with Crippen molar-refractivity contribution in [3.8, 4) is 0 Å². The van der Waals surface area contributed by atoms with Crippen LogP contribution in [0.25, 0.3) is 0 Å².